The normalized spacial score (nSPS) is 10.2. The van der Waals surface area contributed by atoms with Crippen LogP contribution in [-0.4, -0.2) is 31.2 Å². The van der Waals surface area contributed by atoms with Gasteiger partial charge in [-0.2, -0.15) is 0 Å². The third kappa shape index (κ3) is 5.74. The third-order valence-corrected chi connectivity index (χ3v) is 4.05. The van der Waals surface area contributed by atoms with Crippen molar-refractivity contribution in [3.8, 4) is 11.5 Å². The van der Waals surface area contributed by atoms with Crippen LogP contribution in [0, 0.1) is 0 Å². The van der Waals surface area contributed by atoms with Gasteiger partial charge in [0.05, 0.1) is 19.0 Å². The van der Waals surface area contributed by atoms with E-state index in [1.54, 1.807) is 19.4 Å². The van der Waals surface area contributed by atoms with E-state index in [9.17, 15) is 4.79 Å². The fourth-order valence-corrected chi connectivity index (χ4v) is 2.54. The van der Waals surface area contributed by atoms with E-state index < -0.39 is 0 Å². The smallest absolute Gasteiger partial charge is 0.270 e. The minimum Gasteiger partial charge on any atom is -0.497 e. The standard InChI is InChI=1S/C22H23N3O3/c1-27-19-8-10-20(11-9-19)28-14-13-23-18-7-12-21(24-16-18)22(26)25-15-17-5-3-2-4-6-17/h2-12,16,23H,13-15H2,1H3,(H,25,26). The predicted octanol–water partition coefficient (Wildman–Crippen LogP) is 3.51. The van der Waals surface area contributed by atoms with Gasteiger partial charge >= 0.3 is 0 Å². The third-order valence-electron chi connectivity index (χ3n) is 4.05. The highest BCUT2D eigenvalue weighted by atomic mass is 16.5. The monoisotopic (exact) mass is 377 g/mol. The Hall–Kier alpha value is -3.54. The maximum Gasteiger partial charge on any atom is 0.270 e. The summed E-state index contributed by atoms with van der Waals surface area (Å²) in [5.41, 5.74) is 2.26. The summed E-state index contributed by atoms with van der Waals surface area (Å²) >= 11 is 0. The number of anilines is 1. The lowest BCUT2D eigenvalue weighted by Gasteiger charge is -2.09. The quantitative estimate of drug-likeness (QED) is 0.558. The molecule has 2 N–H and O–H groups in total. The Bertz CT molecular complexity index is 866. The molecule has 0 unspecified atom stereocenters. The van der Waals surface area contributed by atoms with Crippen LogP contribution in [0.25, 0.3) is 0 Å². The molecule has 3 rings (SSSR count). The zero-order chi connectivity index (χ0) is 19.6. The van der Waals surface area contributed by atoms with Gasteiger partial charge in [0, 0.05) is 13.1 Å². The number of carbonyl (C=O) groups excluding carboxylic acids is 1. The van der Waals surface area contributed by atoms with Crippen LogP contribution in [-0.2, 0) is 6.54 Å². The lowest BCUT2D eigenvalue weighted by Crippen LogP contribution is -2.23. The van der Waals surface area contributed by atoms with E-state index in [4.69, 9.17) is 9.47 Å². The molecule has 0 aliphatic heterocycles. The molecule has 1 aromatic heterocycles. The number of nitrogens with one attached hydrogen (secondary N) is 2. The number of amides is 1. The minimum atomic E-state index is -0.196. The molecule has 0 radical (unpaired) electrons. The Labute approximate surface area is 164 Å². The van der Waals surface area contributed by atoms with E-state index in [1.807, 2.05) is 60.7 Å². The van der Waals surface area contributed by atoms with Crippen molar-refractivity contribution in [1.82, 2.24) is 10.3 Å². The average molecular weight is 377 g/mol. The first-order chi connectivity index (χ1) is 13.7. The topological polar surface area (TPSA) is 72.5 Å². The minimum absolute atomic E-state index is 0.196. The van der Waals surface area contributed by atoms with Crippen molar-refractivity contribution < 1.29 is 14.3 Å². The molecule has 6 heteroatoms. The lowest BCUT2D eigenvalue weighted by atomic mass is 10.2. The SMILES string of the molecule is COc1ccc(OCCNc2ccc(C(=O)NCc3ccccc3)nc2)cc1. The maximum absolute atomic E-state index is 12.2. The van der Waals surface area contributed by atoms with Crippen molar-refractivity contribution in [1.29, 1.82) is 0 Å². The van der Waals surface area contributed by atoms with Crippen LogP contribution >= 0.6 is 0 Å². The number of rotatable bonds is 9. The van der Waals surface area contributed by atoms with Crippen molar-refractivity contribution in [2.45, 2.75) is 6.54 Å². The van der Waals surface area contributed by atoms with Crippen molar-refractivity contribution >= 4 is 11.6 Å². The summed E-state index contributed by atoms with van der Waals surface area (Å²) in [6.07, 6.45) is 1.64. The Balaban J connectivity index is 1.40. The van der Waals surface area contributed by atoms with Crippen molar-refractivity contribution in [2.75, 3.05) is 25.6 Å². The summed E-state index contributed by atoms with van der Waals surface area (Å²) in [4.78, 5) is 16.4. The van der Waals surface area contributed by atoms with Gasteiger partial charge in [0.25, 0.3) is 5.91 Å². The van der Waals surface area contributed by atoms with Crippen LogP contribution in [0.1, 0.15) is 16.1 Å². The summed E-state index contributed by atoms with van der Waals surface area (Å²) in [6.45, 7) is 1.60. The Morgan fingerprint density at radius 1 is 0.964 bits per heavy atom. The van der Waals surface area contributed by atoms with Gasteiger partial charge in [0.1, 0.15) is 23.8 Å². The highest BCUT2D eigenvalue weighted by Gasteiger charge is 2.06. The molecule has 0 fully saturated rings. The molecular weight excluding hydrogens is 354 g/mol. The van der Waals surface area contributed by atoms with Crippen LogP contribution in [0.2, 0.25) is 0 Å². The molecular formula is C22H23N3O3. The molecule has 0 aliphatic carbocycles. The zero-order valence-corrected chi connectivity index (χ0v) is 15.7. The molecule has 0 saturated carbocycles. The van der Waals surface area contributed by atoms with Crippen molar-refractivity contribution in [2.24, 2.45) is 0 Å². The first-order valence-electron chi connectivity index (χ1n) is 9.03. The molecule has 0 saturated heterocycles. The number of hydrogen-bond acceptors (Lipinski definition) is 5. The molecule has 3 aromatic rings. The van der Waals surface area contributed by atoms with Gasteiger partial charge in [0.2, 0.25) is 0 Å². The van der Waals surface area contributed by atoms with Crippen LogP contribution in [0.4, 0.5) is 5.69 Å². The van der Waals surface area contributed by atoms with Gasteiger partial charge < -0.3 is 20.1 Å². The van der Waals surface area contributed by atoms with Crippen LogP contribution < -0.4 is 20.1 Å². The van der Waals surface area contributed by atoms with Crippen molar-refractivity contribution in [3.05, 3.63) is 84.2 Å². The number of aromatic nitrogens is 1. The van der Waals surface area contributed by atoms with Gasteiger partial charge in [-0.3, -0.25) is 4.79 Å². The molecule has 0 atom stereocenters. The van der Waals surface area contributed by atoms with Crippen LogP contribution in [0.15, 0.2) is 72.9 Å². The van der Waals surface area contributed by atoms with E-state index in [2.05, 4.69) is 15.6 Å². The second-order valence-electron chi connectivity index (χ2n) is 6.05. The second kappa shape index (κ2) is 9.97. The fraction of sp³-hybridized carbons (Fsp3) is 0.182. The Kier molecular flexibility index (Phi) is 6.84. The van der Waals surface area contributed by atoms with E-state index in [0.29, 0.717) is 25.4 Å². The van der Waals surface area contributed by atoms with Crippen LogP contribution in [0.3, 0.4) is 0 Å². The number of nitrogens with zero attached hydrogens (tertiary/aromatic N) is 1. The highest BCUT2D eigenvalue weighted by molar-refractivity contribution is 5.92. The van der Waals surface area contributed by atoms with E-state index in [0.717, 1.165) is 22.7 Å². The average Bonchev–Trinajstić information content (AvgIpc) is 2.76. The van der Waals surface area contributed by atoms with Gasteiger partial charge in [0.15, 0.2) is 0 Å². The lowest BCUT2D eigenvalue weighted by molar-refractivity contribution is 0.0946. The van der Waals surface area contributed by atoms with Crippen molar-refractivity contribution in [3.63, 3.8) is 0 Å². The van der Waals surface area contributed by atoms with E-state index in [1.165, 1.54) is 0 Å². The summed E-state index contributed by atoms with van der Waals surface area (Å²) in [5.74, 6) is 1.38. The highest BCUT2D eigenvalue weighted by Crippen LogP contribution is 2.16. The second-order valence-corrected chi connectivity index (χ2v) is 6.05. The van der Waals surface area contributed by atoms with E-state index >= 15 is 0 Å². The van der Waals surface area contributed by atoms with E-state index in [-0.39, 0.29) is 5.91 Å². The number of pyridine rings is 1. The van der Waals surface area contributed by atoms with Gasteiger partial charge in [-0.1, -0.05) is 30.3 Å². The summed E-state index contributed by atoms with van der Waals surface area (Å²) in [7, 11) is 1.63. The number of hydrogen-bond donors (Lipinski definition) is 2. The number of methoxy groups -OCH3 is 1. The molecule has 0 bridgehead atoms. The molecule has 1 amide bonds. The molecule has 1 heterocycles. The number of carbonyl (C=O) groups is 1. The maximum atomic E-state index is 12.2. The summed E-state index contributed by atoms with van der Waals surface area (Å²) in [6, 6.07) is 20.7. The molecule has 0 spiro atoms. The molecule has 0 aliphatic rings. The Morgan fingerprint density at radius 2 is 1.71 bits per heavy atom. The first kappa shape index (κ1) is 19.2. The molecule has 28 heavy (non-hydrogen) atoms. The Morgan fingerprint density at radius 3 is 2.39 bits per heavy atom. The molecule has 144 valence electrons. The summed E-state index contributed by atoms with van der Waals surface area (Å²) in [5, 5.41) is 6.08. The fourth-order valence-electron chi connectivity index (χ4n) is 2.54. The first-order valence-corrected chi connectivity index (χ1v) is 9.03. The largest absolute Gasteiger partial charge is 0.497 e. The molecule has 2 aromatic carbocycles. The van der Waals surface area contributed by atoms with Gasteiger partial charge in [-0.25, -0.2) is 4.98 Å². The molecule has 6 nitrogen and oxygen atoms in total. The number of ether oxygens (including phenoxy) is 2. The van der Waals surface area contributed by atoms with Gasteiger partial charge in [-0.05, 0) is 42.0 Å². The number of benzene rings is 2. The summed E-state index contributed by atoms with van der Waals surface area (Å²) < 4.78 is 10.8. The predicted molar refractivity (Wildman–Crippen MR) is 109 cm³/mol. The zero-order valence-electron chi connectivity index (χ0n) is 15.7. The van der Waals surface area contributed by atoms with Gasteiger partial charge in [-0.15, -0.1) is 0 Å². The van der Waals surface area contributed by atoms with Crippen LogP contribution in [0.5, 0.6) is 11.5 Å².